The Morgan fingerprint density at radius 2 is 1.78 bits per heavy atom. The van der Waals surface area contributed by atoms with E-state index in [1.807, 2.05) is 0 Å². The summed E-state index contributed by atoms with van der Waals surface area (Å²) >= 11 is 0. The van der Waals surface area contributed by atoms with Crippen molar-refractivity contribution in [2.45, 2.75) is 76.8 Å². The Hall–Kier alpha value is -0.0800. The van der Waals surface area contributed by atoms with Gasteiger partial charge in [-0.15, -0.1) is 0 Å². The van der Waals surface area contributed by atoms with Gasteiger partial charge in [-0.3, -0.25) is 0 Å². The van der Waals surface area contributed by atoms with Crippen LogP contribution >= 0.6 is 0 Å². The van der Waals surface area contributed by atoms with Crippen molar-refractivity contribution in [1.29, 1.82) is 0 Å². The summed E-state index contributed by atoms with van der Waals surface area (Å²) < 4.78 is 0. The van der Waals surface area contributed by atoms with Gasteiger partial charge in [-0.2, -0.15) is 0 Å². The van der Waals surface area contributed by atoms with Crippen LogP contribution in [0.4, 0.5) is 0 Å². The number of rotatable bonds is 6. The molecule has 0 radical (unpaired) electrons. The van der Waals surface area contributed by atoms with Crippen LogP contribution < -0.4 is 5.32 Å². The predicted octanol–water partition coefficient (Wildman–Crippen LogP) is 3.42. The van der Waals surface area contributed by atoms with E-state index < -0.39 is 0 Å². The van der Waals surface area contributed by atoms with Crippen LogP contribution in [0, 0.1) is 5.92 Å². The van der Waals surface area contributed by atoms with Gasteiger partial charge in [0.1, 0.15) is 0 Å². The fraction of sp³-hybridized carbons (Fsp3) is 1.00. The third-order valence-corrected chi connectivity index (χ3v) is 5.15. The molecular weight excluding hydrogens is 220 g/mol. The lowest BCUT2D eigenvalue weighted by atomic mass is 9.94. The van der Waals surface area contributed by atoms with Crippen molar-refractivity contribution in [1.82, 2.24) is 10.2 Å². The fourth-order valence-electron chi connectivity index (χ4n) is 3.77. The summed E-state index contributed by atoms with van der Waals surface area (Å²) in [5, 5.41) is 3.76. The second kappa shape index (κ2) is 7.49. The van der Waals surface area contributed by atoms with Crippen molar-refractivity contribution in [2.75, 3.05) is 20.1 Å². The Kier molecular flexibility index (Phi) is 5.97. The lowest BCUT2D eigenvalue weighted by molar-refractivity contribution is 0.188. The van der Waals surface area contributed by atoms with Crippen LogP contribution in [0.1, 0.15) is 64.7 Å². The monoisotopic (exact) mass is 252 g/mol. The molecule has 0 aromatic rings. The van der Waals surface area contributed by atoms with E-state index in [1.54, 1.807) is 0 Å². The van der Waals surface area contributed by atoms with Crippen LogP contribution in [0.2, 0.25) is 0 Å². The summed E-state index contributed by atoms with van der Waals surface area (Å²) in [4.78, 5) is 2.61. The van der Waals surface area contributed by atoms with Crippen LogP contribution in [0.5, 0.6) is 0 Å². The Labute approximate surface area is 114 Å². The summed E-state index contributed by atoms with van der Waals surface area (Å²) in [5.41, 5.74) is 0. The molecule has 2 aliphatic carbocycles. The van der Waals surface area contributed by atoms with Crippen LogP contribution in [0.3, 0.4) is 0 Å². The molecule has 0 aromatic carbocycles. The normalized spacial score (nSPS) is 30.2. The van der Waals surface area contributed by atoms with Crippen LogP contribution in [-0.4, -0.2) is 37.1 Å². The number of nitrogens with zero attached hydrogens (tertiary/aromatic N) is 1. The number of nitrogens with one attached hydrogen (secondary N) is 1. The smallest absolute Gasteiger partial charge is 0.00927 e. The van der Waals surface area contributed by atoms with Crippen molar-refractivity contribution in [2.24, 2.45) is 5.92 Å². The molecule has 2 saturated carbocycles. The van der Waals surface area contributed by atoms with Gasteiger partial charge >= 0.3 is 0 Å². The highest BCUT2D eigenvalue weighted by molar-refractivity contribution is 4.80. The zero-order chi connectivity index (χ0) is 12.8. The Morgan fingerprint density at radius 3 is 2.44 bits per heavy atom. The van der Waals surface area contributed by atoms with Crippen molar-refractivity contribution in [3.05, 3.63) is 0 Å². The molecule has 0 amide bonds. The minimum atomic E-state index is 0.810. The predicted molar refractivity (Wildman–Crippen MR) is 78.9 cm³/mol. The van der Waals surface area contributed by atoms with Gasteiger partial charge in [-0.25, -0.2) is 0 Å². The van der Waals surface area contributed by atoms with E-state index in [0.717, 1.165) is 18.0 Å². The molecule has 2 heteroatoms. The topological polar surface area (TPSA) is 15.3 Å². The maximum atomic E-state index is 3.76. The van der Waals surface area contributed by atoms with E-state index in [9.17, 15) is 0 Å². The largest absolute Gasteiger partial charge is 0.314 e. The quantitative estimate of drug-likeness (QED) is 0.729. The second-order valence-corrected chi connectivity index (χ2v) is 6.59. The molecule has 1 N–H and O–H groups in total. The minimum absolute atomic E-state index is 0.810. The highest BCUT2D eigenvalue weighted by Crippen LogP contribution is 2.24. The molecule has 0 bridgehead atoms. The van der Waals surface area contributed by atoms with E-state index in [4.69, 9.17) is 0 Å². The maximum absolute atomic E-state index is 3.76. The van der Waals surface area contributed by atoms with Crippen LogP contribution in [-0.2, 0) is 0 Å². The van der Waals surface area contributed by atoms with Crippen LogP contribution in [0.25, 0.3) is 0 Å². The van der Waals surface area contributed by atoms with Crippen molar-refractivity contribution in [3.8, 4) is 0 Å². The molecule has 0 aliphatic heterocycles. The van der Waals surface area contributed by atoms with E-state index in [2.05, 4.69) is 24.2 Å². The molecular formula is C16H32N2. The number of hydrogen-bond donors (Lipinski definition) is 1. The molecule has 2 unspecified atom stereocenters. The van der Waals surface area contributed by atoms with Crippen molar-refractivity contribution >= 4 is 0 Å². The van der Waals surface area contributed by atoms with Crippen molar-refractivity contribution < 1.29 is 0 Å². The molecule has 2 rings (SSSR count). The van der Waals surface area contributed by atoms with E-state index in [0.29, 0.717) is 0 Å². The van der Waals surface area contributed by atoms with Gasteiger partial charge in [0.25, 0.3) is 0 Å². The lowest BCUT2D eigenvalue weighted by Gasteiger charge is -2.31. The zero-order valence-corrected chi connectivity index (χ0v) is 12.5. The molecule has 2 aliphatic rings. The van der Waals surface area contributed by atoms with Gasteiger partial charge in [0.15, 0.2) is 0 Å². The van der Waals surface area contributed by atoms with Crippen LogP contribution in [0.15, 0.2) is 0 Å². The molecule has 0 spiro atoms. The lowest BCUT2D eigenvalue weighted by Crippen LogP contribution is -2.37. The fourth-order valence-corrected chi connectivity index (χ4v) is 3.77. The standard InChI is InChI=1S/C16H32N2/c1-14-8-6-11-16(14)17-12-7-13-18(2)15-9-4-3-5-10-15/h14-17H,3-13H2,1-2H3. The Morgan fingerprint density at radius 1 is 1.00 bits per heavy atom. The van der Waals surface area contributed by atoms with Gasteiger partial charge in [-0.05, 0) is 58.2 Å². The average molecular weight is 252 g/mol. The SMILES string of the molecule is CC1CCCC1NCCCN(C)C1CCCCC1. The average Bonchev–Trinajstić information content (AvgIpc) is 2.81. The van der Waals surface area contributed by atoms with E-state index >= 15 is 0 Å². The molecule has 0 heterocycles. The first-order valence-electron chi connectivity index (χ1n) is 8.21. The minimum Gasteiger partial charge on any atom is -0.314 e. The summed E-state index contributed by atoms with van der Waals surface area (Å²) in [7, 11) is 2.33. The molecule has 0 aromatic heterocycles. The van der Waals surface area contributed by atoms with Gasteiger partial charge in [0, 0.05) is 12.1 Å². The highest BCUT2D eigenvalue weighted by Gasteiger charge is 2.22. The summed E-state index contributed by atoms with van der Waals surface area (Å²) in [6.07, 6.45) is 12.8. The second-order valence-electron chi connectivity index (χ2n) is 6.59. The van der Waals surface area contributed by atoms with Crippen molar-refractivity contribution in [3.63, 3.8) is 0 Å². The Balaban J connectivity index is 1.54. The first-order valence-corrected chi connectivity index (χ1v) is 8.21. The van der Waals surface area contributed by atoms with Gasteiger partial charge in [0.2, 0.25) is 0 Å². The first kappa shape index (κ1) is 14.3. The van der Waals surface area contributed by atoms with Gasteiger partial charge in [0.05, 0.1) is 0 Å². The van der Waals surface area contributed by atoms with E-state index in [-0.39, 0.29) is 0 Å². The molecule has 2 atom stereocenters. The highest BCUT2D eigenvalue weighted by atomic mass is 15.1. The molecule has 18 heavy (non-hydrogen) atoms. The molecule has 0 saturated heterocycles. The Bertz CT molecular complexity index is 223. The molecule has 2 fully saturated rings. The summed E-state index contributed by atoms with van der Waals surface area (Å²) in [6, 6.07) is 1.69. The van der Waals surface area contributed by atoms with Gasteiger partial charge < -0.3 is 10.2 Å². The first-order chi connectivity index (χ1) is 8.77. The van der Waals surface area contributed by atoms with E-state index in [1.165, 1.54) is 70.9 Å². The third kappa shape index (κ3) is 4.24. The third-order valence-electron chi connectivity index (χ3n) is 5.15. The zero-order valence-electron chi connectivity index (χ0n) is 12.5. The summed E-state index contributed by atoms with van der Waals surface area (Å²) in [5.74, 6) is 0.904. The molecule has 2 nitrogen and oxygen atoms in total. The number of hydrogen-bond acceptors (Lipinski definition) is 2. The molecule has 106 valence electrons. The van der Waals surface area contributed by atoms with Gasteiger partial charge in [-0.1, -0.05) is 32.6 Å². The maximum Gasteiger partial charge on any atom is 0.00927 e. The summed E-state index contributed by atoms with van der Waals surface area (Å²) in [6.45, 7) is 4.89.